The Bertz CT molecular complexity index is 484. The minimum atomic E-state index is -0.545. The van der Waals surface area contributed by atoms with E-state index in [9.17, 15) is 9.18 Å². The first-order chi connectivity index (χ1) is 10.1. The van der Waals surface area contributed by atoms with Crippen LogP contribution in [-0.4, -0.2) is 24.5 Å². The van der Waals surface area contributed by atoms with E-state index in [0.29, 0.717) is 17.3 Å². The molecule has 2 rings (SSSR count). The number of rotatable bonds is 5. The predicted molar refractivity (Wildman–Crippen MR) is 82.9 cm³/mol. The Balaban J connectivity index is 1.96. The summed E-state index contributed by atoms with van der Waals surface area (Å²) < 4.78 is 13.8. The number of carbonyl (C=O) groups is 1. The van der Waals surface area contributed by atoms with Crippen molar-refractivity contribution in [2.75, 3.05) is 11.9 Å². The molecule has 1 heterocycles. The summed E-state index contributed by atoms with van der Waals surface area (Å²) in [7, 11) is 0. The highest BCUT2D eigenvalue weighted by atomic mass is 19.1. The fourth-order valence-electron chi connectivity index (χ4n) is 2.84. The van der Waals surface area contributed by atoms with Crippen LogP contribution in [0, 0.1) is 5.82 Å². The Morgan fingerprint density at radius 1 is 1.48 bits per heavy atom. The Hall–Kier alpha value is -1.62. The lowest BCUT2D eigenvalue weighted by atomic mass is 10.0. The van der Waals surface area contributed by atoms with Crippen LogP contribution >= 0.6 is 0 Å². The number of nitrogens with one attached hydrogen (secondary N) is 2. The van der Waals surface area contributed by atoms with Crippen LogP contribution in [0.3, 0.4) is 0 Å². The summed E-state index contributed by atoms with van der Waals surface area (Å²) in [4.78, 5) is 11.2. The van der Waals surface area contributed by atoms with E-state index < -0.39 is 5.91 Å². The molecular formula is C16H24FN3O. The molecule has 1 aromatic carbocycles. The Kier molecular flexibility index (Phi) is 5.56. The zero-order valence-corrected chi connectivity index (χ0v) is 12.5. The lowest BCUT2D eigenvalue weighted by Crippen LogP contribution is -2.33. The third kappa shape index (κ3) is 4.70. The van der Waals surface area contributed by atoms with Gasteiger partial charge in [-0.1, -0.05) is 12.8 Å². The summed E-state index contributed by atoms with van der Waals surface area (Å²) in [6.45, 7) is 3.09. The van der Waals surface area contributed by atoms with Gasteiger partial charge in [-0.05, 0) is 50.9 Å². The smallest absolute Gasteiger partial charge is 0.248 e. The molecule has 0 aromatic heterocycles. The molecule has 0 spiro atoms. The molecule has 2 unspecified atom stereocenters. The van der Waals surface area contributed by atoms with Crippen molar-refractivity contribution in [3.05, 3.63) is 29.6 Å². The van der Waals surface area contributed by atoms with Gasteiger partial charge < -0.3 is 16.4 Å². The van der Waals surface area contributed by atoms with Crippen molar-refractivity contribution in [3.63, 3.8) is 0 Å². The minimum Gasteiger partial charge on any atom is -0.380 e. The predicted octanol–water partition coefficient (Wildman–Crippen LogP) is 2.65. The standard InChI is InChI=1S/C16H24FN3O/c1-11(9-13-5-3-2-4-8-19-13)20-15-10-12(16(18)21)6-7-14(15)17/h6-7,10-11,13,19-20H,2-5,8-9H2,1H3,(H2,18,21). The number of halogens is 1. The van der Waals surface area contributed by atoms with Gasteiger partial charge in [-0.2, -0.15) is 0 Å². The largest absolute Gasteiger partial charge is 0.380 e. The molecule has 116 valence electrons. The monoisotopic (exact) mass is 293 g/mol. The fourth-order valence-corrected chi connectivity index (χ4v) is 2.84. The average molecular weight is 293 g/mol. The molecule has 1 aliphatic rings. The lowest BCUT2D eigenvalue weighted by Gasteiger charge is -2.22. The van der Waals surface area contributed by atoms with Gasteiger partial charge in [0, 0.05) is 17.6 Å². The van der Waals surface area contributed by atoms with Gasteiger partial charge in [-0.3, -0.25) is 4.79 Å². The summed E-state index contributed by atoms with van der Waals surface area (Å²) in [5.74, 6) is -0.906. The van der Waals surface area contributed by atoms with Crippen molar-refractivity contribution in [1.29, 1.82) is 0 Å². The molecule has 0 aliphatic carbocycles. The number of amides is 1. The topological polar surface area (TPSA) is 67.2 Å². The van der Waals surface area contributed by atoms with E-state index in [1.165, 1.54) is 37.5 Å². The van der Waals surface area contributed by atoms with Gasteiger partial charge in [0.05, 0.1) is 5.69 Å². The summed E-state index contributed by atoms with van der Waals surface area (Å²) in [6.07, 6.45) is 5.85. The molecule has 2 atom stereocenters. The molecule has 1 aliphatic heterocycles. The van der Waals surface area contributed by atoms with Crippen LogP contribution in [0.15, 0.2) is 18.2 Å². The molecule has 1 aromatic rings. The van der Waals surface area contributed by atoms with Crippen LogP contribution in [0.5, 0.6) is 0 Å². The molecule has 1 saturated heterocycles. The number of benzene rings is 1. The lowest BCUT2D eigenvalue weighted by molar-refractivity contribution is 0.100. The third-order valence-corrected chi connectivity index (χ3v) is 3.95. The fraction of sp³-hybridized carbons (Fsp3) is 0.562. The van der Waals surface area contributed by atoms with E-state index in [4.69, 9.17) is 5.73 Å². The zero-order valence-electron chi connectivity index (χ0n) is 12.5. The summed E-state index contributed by atoms with van der Waals surface area (Å²) in [5, 5.41) is 6.68. The third-order valence-electron chi connectivity index (χ3n) is 3.95. The first-order valence-electron chi connectivity index (χ1n) is 7.65. The minimum absolute atomic E-state index is 0.123. The van der Waals surface area contributed by atoms with Gasteiger partial charge >= 0.3 is 0 Å². The van der Waals surface area contributed by atoms with Gasteiger partial charge in [0.15, 0.2) is 0 Å². The van der Waals surface area contributed by atoms with Crippen LogP contribution in [0.4, 0.5) is 10.1 Å². The molecule has 0 saturated carbocycles. The van der Waals surface area contributed by atoms with Crippen molar-refractivity contribution in [2.45, 2.75) is 51.1 Å². The highest BCUT2D eigenvalue weighted by Gasteiger charge is 2.16. The molecular weight excluding hydrogens is 269 g/mol. The van der Waals surface area contributed by atoms with Crippen molar-refractivity contribution in [3.8, 4) is 0 Å². The first-order valence-corrected chi connectivity index (χ1v) is 7.65. The number of primary amides is 1. The van der Waals surface area contributed by atoms with Gasteiger partial charge in [-0.15, -0.1) is 0 Å². The second kappa shape index (κ2) is 7.41. The van der Waals surface area contributed by atoms with Gasteiger partial charge in [0.2, 0.25) is 5.91 Å². The quantitative estimate of drug-likeness (QED) is 0.782. The van der Waals surface area contributed by atoms with Crippen molar-refractivity contribution in [1.82, 2.24) is 5.32 Å². The van der Waals surface area contributed by atoms with Gasteiger partial charge in [0.25, 0.3) is 0 Å². The second-order valence-electron chi connectivity index (χ2n) is 5.84. The van der Waals surface area contributed by atoms with E-state index in [1.54, 1.807) is 0 Å². The van der Waals surface area contributed by atoms with Crippen molar-refractivity contribution >= 4 is 11.6 Å². The maximum atomic E-state index is 13.8. The summed E-state index contributed by atoms with van der Waals surface area (Å²) in [6, 6.07) is 4.75. The number of hydrogen-bond acceptors (Lipinski definition) is 3. The van der Waals surface area contributed by atoms with Gasteiger partial charge in [-0.25, -0.2) is 4.39 Å². The number of anilines is 1. The molecule has 1 fully saturated rings. The highest BCUT2D eigenvalue weighted by Crippen LogP contribution is 2.19. The molecule has 1 amide bonds. The van der Waals surface area contributed by atoms with Crippen LogP contribution in [0.1, 0.15) is 49.4 Å². The summed E-state index contributed by atoms with van der Waals surface area (Å²) >= 11 is 0. The van der Waals surface area contributed by atoms with E-state index in [2.05, 4.69) is 10.6 Å². The zero-order chi connectivity index (χ0) is 15.2. The maximum absolute atomic E-state index is 13.8. The van der Waals surface area contributed by atoms with Crippen molar-refractivity contribution in [2.24, 2.45) is 5.73 Å². The van der Waals surface area contributed by atoms with Gasteiger partial charge in [0.1, 0.15) is 5.82 Å². The Morgan fingerprint density at radius 3 is 3.05 bits per heavy atom. The Labute approximate surface area is 125 Å². The number of hydrogen-bond donors (Lipinski definition) is 3. The normalized spacial score (nSPS) is 20.6. The second-order valence-corrected chi connectivity index (χ2v) is 5.84. The van der Waals surface area contributed by atoms with Crippen LogP contribution in [0.2, 0.25) is 0 Å². The van der Waals surface area contributed by atoms with E-state index >= 15 is 0 Å². The first kappa shape index (κ1) is 15.8. The molecule has 5 heteroatoms. The van der Waals surface area contributed by atoms with E-state index in [-0.39, 0.29) is 11.9 Å². The molecule has 0 bridgehead atoms. The Morgan fingerprint density at radius 2 is 2.29 bits per heavy atom. The van der Waals surface area contributed by atoms with E-state index in [1.807, 2.05) is 6.92 Å². The summed E-state index contributed by atoms with van der Waals surface area (Å²) in [5.41, 5.74) is 5.89. The molecule has 21 heavy (non-hydrogen) atoms. The molecule has 4 nitrogen and oxygen atoms in total. The highest BCUT2D eigenvalue weighted by molar-refractivity contribution is 5.93. The van der Waals surface area contributed by atoms with Crippen molar-refractivity contribution < 1.29 is 9.18 Å². The molecule has 4 N–H and O–H groups in total. The SMILES string of the molecule is CC(CC1CCCCCN1)Nc1cc(C(N)=O)ccc1F. The van der Waals surface area contributed by atoms with Crippen LogP contribution in [-0.2, 0) is 0 Å². The number of nitrogens with two attached hydrogens (primary N) is 1. The average Bonchev–Trinajstić information content (AvgIpc) is 2.69. The van der Waals surface area contributed by atoms with E-state index in [0.717, 1.165) is 19.4 Å². The van der Waals surface area contributed by atoms with Crippen LogP contribution < -0.4 is 16.4 Å². The van der Waals surface area contributed by atoms with Crippen LogP contribution in [0.25, 0.3) is 0 Å². The number of carbonyl (C=O) groups excluding carboxylic acids is 1. The molecule has 0 radical (unpaired) electrons. The maximum Gasteiger partial charge on any atom is 0.248 e.